The summed E-state index contributed by atoms with van der Waals surface area (Å²) < 4.78 is 5.55. The first-order valence-electron chi connectivity index (χ1n) is 7.14. The predicted octanol–water partition coefficient (Wildman–Crippen LogP) is 2.90. The monoisotopic (exact) mass is 377 g/mol. The molecular weight excluding hydrogens is 357 g/mol. The molecule has 128 valence electrons. The maximum absolute atomic E-state index is 12.3. The number of halogens is 2. The first-order valence-corrected chi connectivity index (χ1v) is 8.02. The number of aromatic nitrogens is 1. The van der Waals surface area contributed by atoms with Crippen LogP contribution in [0.3, 0.4) is 0 Å². The first-order chi connectivity index (χ1) is 10.2. The predicted molar refractivity (Wildman–Crippen MR) is 96.5 cm³/mol. The molecule has 1 aliphatic rings. The average Bonchev–Trinajstić information content (AvgIpc) is 3.17. The summed E-state index contributed by atoms with van der Waals surface area (Å²) in [4.78, 5) is 18.6. The molecule has 1 atom stereocenters. The number of nitrogens with zero attached hydrogens (tertiary/aromatic N) is 2. The van der Waals surface area contributed by atoms with Gasteiger partial charge in [0.2, 0.25) is 5.91 Å². The van der Waals surface area contributed by atoms with Gasteiger partial charge in [-0.1, -0.05) is 0 Å². The molecule has 1 aliphatic heterocycles. The number of aryl methyl sites for hydroxylation is 1. The van der Waals surface area contributed by atoms with Gasteiger partial charge in [0.05, 0.1) is 12.1 Å². The normalized spacial score (nSPS) is 16.8. The molecule has 1 unspecified atom stereocenters. The van der Waals surface area contributed by atoms with Gasteiger partial charge in [0.1, 0.15) is 5.76 Å². The Balaban J connectivity index is 0.00000132. The third kappa shape index (κ3) is 4.70. The summed E-state index contributed by atoms with van der Waals surface area (Å²) in [6.45, 7) is 4.16. The van der Waals surface area contributed by atoms with E-state index in [0.29, 0.717) is 18.9 Å². The molecule has 0 aliphatic carbocycles. The number of thiazole rings is 1. The Bertz CT molecular complexity index is 644. The molecule has 0 radical (unpaired) electrons. The molecule has 1 saturated heterocycles. The second-order valence-corrected chi connectivity index (χ2v) is 6.32. The molecule has 3 rings (SSSR count). The van der Waals surface area contributed by atoms with Gasteiger partial charge in [0, 0.05) is 18.5 Å². The van der Waals surface area contributed by atoms with Gasteiger partial charge in [-0.05, 0) is 37.9 Å². The average molecular weight is 378 g/mol. The molecular formula is C15H21Cl2N3O2S. The molecule has 2 aromatic heterocycles. The molecule has 0 saturated carbocycles. The maximum Gasteiger partial charge on any atom is 0.228 e. The van der Waals surface area contributed by atoms with Crippen molar-refractivity contribution in [3.05, 3.63) is 29.0 Å². The number of furan rings is 1. The van der Waals surface area contributed by atoms with Crippen LogP contribution in [0.5, 0.6) is 0 Å². The van der Waals surface area contributed by atoms with Gasteiger partial charge in [0.15, 0.2) is 10.8 Å². The number of rotatable bonds is 4. The summed E-state index contributed by atoms with van der Waals surface area (Å²) in [5, 5.41) is 2.76. The fourth-order valence-electron chi connectivity index (χ4n) is 2.57. The summed E-state index contributed by atoms with van der Waals surface area (Å²) in [6.07, 6.45) is 1.36. The van der Waals surface area contributed by atoms with E-state index in [4.69, 9.17) is 10.2 Å². The molecule has 0 spiro atoms. The molecule has 0 bridgehead atoms. The highest BCUT2D eigenvalue weighted by Crippen LogP contribution is 2.26. The van der Waals surface area contributed by atoms with Crippen molar-refractivity contribution in [3.63, 3.8) is 0 Å². The van der Waals surface area contributed by atoms with Crippen LogP contribution in [0.25, 0.3) is 10.8 Å². The number of hydrogen-bond donors (Lipinski definition) is 1. The van der Waals surface area contributed by atoms with Gasteiger partial charge in [0.25, 0.3) is 0 Å². The lowest BCUT2D eigenvalue weighted by atomic mass is 10.1. The van der Waals surface area contributed by atoms with Gasteiger partial charge in [-0.3, -0.25) is 4.79 Å². The van der Waals surface area contributed by atoms with Crippen molar-refractivity contribution in [1.82, 2.24) is 9.88 Å². The van der Waals surface area contributed by atoms with E-state index in [9.17, 15) is 4.79 Å². The third-order valence-corrected chi connectivity index (χ3v) is 4.71. The van der Waals surface area contributed by atoms with E-state index < -0.39 is 0 Å². The fourth-order valence-corrected chi connectivity index (χ4v) is 3.35. The van der Waals surface area contributed by atoms with Crippen LogP contribution >= 0.6 is 36.2 Å². The molecule has 3 heterocycles. The Hall–Kier alpha value is -1.08. The smallest absolute Gasteiger partial charge is 0.228 e. The minimum Gasteiger partial charge on any atom is -0.459 e. The van der Waals surface area contributed by atoms with Crippen molar-refractivity contribution in [2.24, 2.45) is 11.7 Å². The molecule has 8 heteroatoms. The second kappa shape index (κ2) is 8.68. The van der Waals surface area contributed by atoms with Crippen molar-refractivity contribution in [2.45, 2.75) is 19.8 Å². The van der Waals surface area contributed by atoms with E-state index in [1.54, 1.807) is 0 Å². The second-order valence-electron chi connectivity index (χ2n) is 5.46. The zero-order valence-corrected chi connectivity index (χ0v) is 15.3. The van der Waals surface area contributed by atoms with Crippen LogP contribution in [0, 0.1) is 12.8 Å². The molecule has 1 amide bonds. The van der Waals surface area contributed by atoms with Crippen LogP contribution in [0.1, 0.15) is 17.9 Å². The van der Waals surface area contributed by atoms with Crippen LogP contribution in [0.2, 0.25) is 0 Å². The van der Waals surface area contributed by atoms with E-state index in [1.807, 2.05) is 29.3 Å². The lowest BCUT2D eigenvalue weighted by Crippen LogP contribution is -2.31. The molecule has 5 nitrogen and oxygen atoms in total. The molecule has 1 fully saturated rings. The lowest BCUT2D eigenvalue weighted by molar-refractivity contribution is -0.129. The number of likely N-dealkylation sites (tertiary alicyclic amines) is 1. The van der Waals surface area contributed by atoms with Crippen LogP contribution in [0.15, 0.2) is 21.9 Å². The van der Waals surface area contributed by atoms with Crippen LogP contribution < -0.4 is 5.73 Å². The van der Waals surface area contributed by atoms with Gasteiger partial charge in [-0.25, -0.2) is 4.98 Å². The van der Waals surface area contributed by atoms with Gasteiger partial charge in [-0.15, -0.1) is 36.2 Å². The van der Waals surface area contributed by atoms with E-state index >= 15 is 0 Å². The lowest BCUT2D eigenvalue weighted by Gasteiger charge is -2.15. The largest absolute Gasteiger partial charge is 0.459 e. The topological polar surface area (TPSA) is 72.4 Å². The molecule has 2 aromatic rings. The Morgan fingerprint density at radius 3 is 2.87 bits per heavy atom. The van der Waals surface area contributed by atoms with Crippen LogP contribution in [-0.2, 0) is 11.2 Å². The SMILES string of the molecule is Cc1ccc(-c2nc(CC(=O)N3CCC(CN)C3)cs2)o1.Cl.Cl. The van der Waals surface area contributed by atoms with Gasteiger partial charge in [-0.2, -0.15) is 0 Å². The van der Waals surface area contributed by atoms with Crippen molar-refractivity contribution in [3.8, 4) is 10.8 Å². The standard InChI is InChI=1S/C15H19N3O2S.2ClH/c1-10-2-3-13(20-10)15-17-12(9-21-15)6-14(19)18-5-4-11(7-16)8-18;;/h2-3,9,11H,4-8,16H2,1H3;2*1H. The molecule has 2 N–H and O–H groups in total. The highest BCUT2D eigenvalue weighted by molar-refractivity contribution is 7.13. The van der Waals surface area contributed by atoms with Gasteiger partial charge < -0.3 is 15.1 Å². The summed E-state index contributed by atoms with van der Waals surface area (Å²) >= 11 is 1.51. The zero-order valence-electron chi connectivity index (χ0n) is 12.9. The van der Waals surface area contributed by atoms with Crippen molar-refractivity contribution < 1.29 is 9.21 Å². The van der Waals surface area contributed by atoms with Crippen molar-refractivity contribution in [1.29, 1.82) is 0 Å². The third-order valence-electron chi connectivity index (χ3n) is 3.81. The van der Waals surface area contributed by atoms with Crippen molar-refractivity contribution >= 4 is 42.1 Å². The quantitative estimate of drug-likeness (QED) is 0.888. The molecule has 0 aromatic carbocycles. The maximum atomic E-state index is 12.3. The first kappa shape index (κ1) is 20.0. The summed E-state index contributed by atoms with van der Waals surface area (Å²) in [5.41, 5.74) is 6.47. The van der Waals surface area contributed by atoms with E-state index in [1.165, 1.54) is 11.3 Å². The van der Waals surface area contributed by atoms with Crippen molar-refractivity contribution in [2.75, 3.05) is 19.6 Å². The highest BCUT2D eigenvalue weighted by Gasteiger charge is 2.25. The number of carbonyl (C=O) groups is 1. The summed E-state index contributed by atoms with van der Waals surface area (Å²) in [6, 6.07) is 3.82. The zero-order chi connectivity index (χ0) is 14.8. The number of carbonyl (C=O) groups excluding carboxylic acids is 1. The Morgan fingerprint density at radius 2 is 2.26 bits per heavy atom. The highest BCUT2D eigenvalue weighted by atomic mass is 35.5. The summed E-state index contributed by atoms with van der Waals surface area (Å²) in [5.74, 6) is 2.22. The Labute approximate surface area is 152 Å². The molecule has 23 heavy (non-hydrogen) atoms. The van der Waals surface area contributed by atoms with E-state index in [-0.39, 0.29) is 30.7 Å². The minimum atomic E-state index is 0. The number of nitrogens with two attached hydrogens (primary N) is 1. The van der Waals surface area contributed by atoms with Gasteiger partial charge >= 0.3 is 0 Å². The Morgan fingerprint density at radius 1 is 1.48 bits per heavy atom. The van der Waals surface area contributed by atoms with Crippen LogP contribution in [-0.4, -0.2) is 35.4 Å². The summed E-state index contributed by atoms with van der Waals surface area (Å²) in [7, 11) is 0. The van der Waals surface area contributed by atoms with E-state index in [0.717, 1.165) is 41.7 Å². The van der Waals surface area contributed by atoms with E-state index in [2.05, 4.69) is 4.98 Å². The minimum absolute atomic E-state index is 0. The number of hydrogen-bond acceptors (Lipinski definition) is 5. The fraction of sp³-hybridized carbons (Fsp3) is 0.467. The number of amides is 1. The Kier molecular flexibility index (Phi) is 7.54. The van der Waals surface area contributed by atoms with Crippen LogP contribution in [0.4, 0.5) is 0 Å².